The van der Waals surface area contributed by atoms with Crippen LogP contribution in [0.3, 0.4) is 0 Å². The Morgan fingerprint density at radius 2 is 1.62 bits per heavy atom. The largest absolute Gasteiger partial charge is 0.508 e. The Bertz CT molecular complexity index is 1860. The summed E-state index contributed by atoms with van der Waals surface area (Å²) in [6, 6.07) is 32.2. The highest BCUT2D eigenvalue weighted by atomic mass is 16.3. The second-order valence-electron chi connectivity index (χ2n) is 11.9. The number of nitrogens with one attached hydrogen (secondary N) is 1. The number of amides is 4. The first-order valence-corrected chi connectivity index (χ1v) is 15.8. The van der Waals surface area contributed by atoms with E-state index in [1.165, 1.54) is 0 Å². The number of carbonyl (C=O) groups excluding carboxylic acids is 3. The molecule has 4 aromatic carbocycles. The van der Waals surface area contributed by atoms with Crippen molar-refractivity contribution in [3.8, 4) is 22.9 Å². The summed E-state index contributed by atoms with van der Waals surface area (Å²) >= 11 is 0. The average Bonchev–Trinajstić information content (AvgIpc) is 3.10. The second kappa shape index (κ2) is 14.2. The first kappa shape index (κ1) is 32.0. The molecule has 6 rings (SSSR count). The first-order chi connectivity index (χ1) is 23.3. The quantitative estimate of drug-likeness (QED) is 0.257. The number of urea groups is 1. The topological polar surface area (TPSA) is 120 Å². The Kier molecular flexibility index (Phi) is 9.50. The minimum atomic E-state index is -0.883. The number of rotatable bonds is 9. The van der Waals surface area contributed by atoms with E-state index in [0.717, 1.165) is 27.8 Å². The molecule has 2 aliphatic heterocycles. The van der Waals surface area contributed by atoms with Crippen LogP contribution in [0.1, 0.15) is 22.3 Å². The second-order valence-corrected chi connectivity index (χ2v) is 11.9. The molecule has 2 saturated heterocycles. The maximum Gasteiger partial charge on any atom is 0.334 e. The molecule has 10 nitrogen and oxygen atoms in total. The van der Waals surface area contributed by atoms with Gasteiger partial charge in [0.1, 0.15) is 18.0 Å². The lowest BCUT2D eigenvalue weighted by atomic mass is 9.97. The third kappa shape index (κ3) is 6.92. The predicted octanol–water partition coefficient (Wildman–Crippen LogP) is 4.67. The molecule has 2 atom stereocenters. The SMILES string of the molecule is C=CCN1CC(=O)N2[C@@H](Cc3ccc(O)cc3)C(=O)N(Cc3cccc(-c4cccc(C#N)c4)c3)C[C@@H]2N1C(=O)NCc1ccccc1. The van der Waals surface area contributed by atoms with Crippen LogP contribution in [0, 0.1) is 11.3 Å². The van der Waals surface area contributed by atoms with Gasteiger partial charge in [0.25, 0.3) is 0 Å². The van der Waals surface area contributed by atoms with Crippen molar-refractivity contribution in [3.05, 3.63) is 138 Å². The van der Waals surface area contributed by atoms with Crippen LogP contribution in [0.25, 0.3) is 11.1 Å². The molecule has 2 fully saturated rings. The van der Waals surface area contributed by atoms with Gasteiger partial charge in [-0.1, -0.05) is 78.9 Å². The van der Waals surface area contributed by atoms with Gasteiger partial charge in [0.2, 0.25) is 11.8 Å². The molecule has 2 heterocycles. The van der Waals surface area contributed by atoms with Crippen molar-refractivity contribution in [2.45, 2.75) is 31.7 Å². The summed E-state index contributed by atoms with van der Waals surface area (Å²) in [5.41, 5.74) is 4.91. The van der Waals surface area contributed by atoms with Gasteiger partial charge < -0.3 is 20.2 Å². The number of nitrogens with zero attached hydrogens (tertiary/aromatic N) is 5. The predicted molar refractivity (Wildman–Crippen MR) is 181 cm³/mol. The van der Waals surface area contributed by atoms with E-state index in [4.69, 9.17) is 0 Å². The van der Waals surface area contributed by atoms with Crippen LogP contribution in [0.2, 0.25) is 0 Å². The molecule has 4 amide bonds. The van der Waals surface area contributed by atoms with Gasteiger partial charge in [-0.2, -0.15) is 5.26 Å². The highest BCUT2D eigenvalue weighted by Crippen LogP contribution is 2.30. The third-order valence-corrected chi connectivity index (χ3v) is 8.66. The van der Waals surface area contributed by atoms with Gasteiger partial charge in [0.05, 0.1) is 24.7 Å². The molecular weight excluding hydrogens is 604 g/mol. The average molecular weight is 641 g/mol. The Morgan fingerprint density at radius 3 is 2.35 bits per heavy atom. The molecule has 0 aromatic heterocycles. The summed E-state index contributed by atoms with van der Waals surface area (Å²) in [5.74, 6) is -0.389. The summed E-state index contributed by atoms with van der Waals surface area (Å²) in [5, 5.41) is 25.5. The minimum Gasteiger partial charge on any atom is -0.508 e. The number of benzene rings is 4. The fourth-order valence-corrected chi connectivity index (χ4v) is 6.39. The van der Waals surface area contributed by atoms with Crippen molar-refractivity contribution in [1.29, 1.82) is 5.26 Å². The Labute approximate surface area is 279 Å². The summed E-state index contributed by atoms with van der Waals surface area (Å²) in [7, 11) is 0. The van der Waals surface area contributed by atoms with Gasteiger partial charge in [-0.3, -0.25) is 9.59 Å². The monoisotopic (exact) mass is 640 g/mol. The Balaban J connectivity index is 1.34. The molecule has 0 saturated carbocycles. The molecule has 48 heavy (non-hydrogen) atoms. The van der Waals surface area contributed by atoms with Crippen molar-refractivity contribution in [1.82, 2.24) is 25.1 Å². The van der Waals surface area contributed by atoms with Gasteiger partial charge in [-0.05, 0) is 58.1 Å². The van der Waals surface area contributed by atoms with Crippen LogP contribution in [-0.2, 0) is 29.1 Å². The van der Waals surface area contributed by atoms with E-state index < -0.39 is 12.2 Å². The molecule has 0 radical (unpaired) electrons. The van der Waals surface area contributed by atoms with Crippen molar-refractivity contribution in [2.75, 3.05) is 19.6 Å². The molecule has 2 aliphatic rings. The highest BCUT2D eigenvalue weighted by Gasteiger charge is 2.51. The molecule has 10 heteroatoms. The van der Waals surface area contributed by atoms with Crippen LogP contribution < -0.4 is 5.32 Å². The summed E-state index contributed by atoms with van der Waals surface area (Å²) in [4.78, 5) is 45.4. The van der Waals surface area contributed by atoms with Crippen LogP contribution in [0.5, 0.6) is 5.75 Å². The molecule has 0 aliphatic carbocycles. The van der Waals surface area contributed by atoms with Gasteiger partial charge >= 0.3 is 6.03 Å². The zero-order valence-electron chi connectivity index (χ0n) is 26.4. The van der Waals surface area contributed by atoms with Crippen LogP contribution in [0.15, 0.2) is 116 Å². The number of piperazine rings is 1. The van der Waals surface area contributed by atoms with Gasteiger partial charge in [0, 0.05) is 26.1 Å². The number of hydrogen-bond acceptors (Lipinski definition) is 6. The minimum absolute atomic E-state index is 0.0928. The summed E-state index contributed by atoms with van der Waals surface area (Å²) in [6.07, 6.45) is 1.07. The maximum atomic E-state index is 14.3. The number of aromatic hydroxyl groups is 1. The van der Waals surface area contributed by atoms with E-state index in [1.807, 2.05) is 72.8 Å². The number of fused-ring (bicyclic) bond motifs is 1. The first-order valence-electron chi connectivity index (χ1n) is 15.8. The Hall–Kier alpha value is -5.92. The lowest BCUT2D eigenvalue weighted by Crippen LogP contribution is -2.76. The number of hydrazine groups is 1. The number of carbonyl (C=O) groups is 3. The molecule has 2 N–H and O–H groups in total. The maximum absolute atomic E-state index is 14.3. The molecule has 242 valence electrons. The lowest BCUT2D eigenvalue weighted by Gasteiger charge is -2.55. The molecule has 0 unspecified atom stereocenters. The standard InChI is InChI=1S/C38H36N6O4/c1-2-18-42-26-36(46)43-34(21-27-14-16-33(45)17-15-27)37(47)41(25-35(43)44(42)38(48)40-23-28-8-4-3-5-9-28)24-30-11-7-13-32(20-30)31-12-6-10-29(19-31)22-39/h2-17,19-20,34-35,45H,1,18,21,23-26H2,(H,40,48)/t34-,35-/m0/s1. The fourth-order valence-electron chi connectivity index (χ4n) is 6.39. The number of phenols is 1. The van der Waals surface area contributed by atoms with Crippen LogP contribution in [0.4, 0.5) is 4.79 Å². The molecule has 4 aromatic rings. The third-order valence-electron chi connectivity index (χ3n) is 8.66. The fraction of sp³-hybridized carbons (Fsp3) is 0.211. The van der Waals surface area contributed by atoms with E-state index >= 15 is 0 Å². The van der Waals surface area contributed by atoms with E-state index in [9.17, 15) is 24.8 Å². The lowest BCUT2D eigenvalue weighted by molar-refractivity contribution is -0.189. The van der Waals surface area contributed by atoms with Gasteiger partial charge in [-0.25, -0.2) is 14.8 Å². The van der Waals surface area contributed by atoms with Crippen molar-refractivity contribution in [2.24, 2.45) is 0 Å². The zero-order valence-corrected chi connectivity index (χ0v) is 26.4. The normalized spacial score (nSPS) is 17.9. The van der Waals surface area contributed by atoms with Crippen molar-refractivity contribution < 1.29 is 19.5 Å². The Morgan fingerprint density at radius 1 is 0.917 bits per heavy atom. The zero-order chi connectivity index (χ0) is 33.6. The summed E-state index contributed by atoms with van der Waals surface area (Å²) in [6.45, 7) is 4.65. The molecule has 0 spiro atoms. The number of hydrogen-bond donors (Lipinski definition) is 2. The summed E-state index contributed by atoms with van der Waals surface area (Å²) < 4.78 is 0. The van der Waals surface area contributed by atoms with Crippen LogP contribution in [-0.4, -0.2) is 74.6 Å². The van der Waals surface area contributed by atoms with E-state index in [1.54, 1.807) is 56.2 Å². The van der Waals surface area contributed by atoms with Crippen molar-refractivity contribution >= 4 is 17.8 Å². The van der Waals surface area contributed by atoms with E-state index in [0.29, 0.717) is 5.56 Å². The van der Waals surface area contributed by atoms with E-state index in [2.05, 4.69) is 18.0 Å². The highest BCUT2D eigenvalue weighted by molar-refractivity contribution is 5.91. The van der Waals surface area contributed by atoms with E-state index in [-0.39, 0.29) is 62.7 Å². The molecule has 0 bridgehead atoms. The number of phenolic OH excluding ortho intramolecular Hbond substituents is 1. The smallest absolute Gasteiger partial charge is 0.334 e. The van der Waals surface area contributed by atoms with Crippen molar-refractivity contribution in [3.63, 3.8) is 0 Å². The van der Waals surface area contributed by atoms with Gasteiger partial charge in [-0.15, -0.1) is 6.58 Å². The molecular formula is C38H36N6O4. The number of nitriles is 1. The van der Waals surface area contributed by atoms with Crippen LogP contribution >= 0.6 is 0 Å². The van der Waals surface area contributed by atoms with Gasteiger partial charge in [0.15, 0.2) is 0 Å².